The molecule has 1 aliphatic rings. The standard InChI is InChI=1S/C16H19NO/c1-11-8-9-12-5-2-3-6-13(12)15(11)16(17)14-7-4-10-18-14/h2-3,5-6,8-9,14,16H,4,7,10,17H2,1H3. The molecule has 0 aliphatic carbocycles. The van der Waals surface area contributed by atoms with Crippen LogP contribution in [0.5, 0.6) is 0 Å². The Morgan fingerprint density at radius 1 is 1.22 bits per heavy atom. The monoisotopic (exact) mass is 241 g/mol. The highest BCUT2D eigenvalue weighted by atomic mass is 16.5. The molecule has 2 nitrogen and oxygen atoms in total. The van der Waals surface area contributed by atoms with Crippen molar-refractivity contribution in [2.75, 3.05) is 6.61 Å². The Morgan fingerprint density at radius 3 is 2.83 bits per heavy atom. The second-order valence-electron chi connectivity index (χ2n) is 5.09. The molecule has 0 bridgehead atoms. The second kappa shape index (κ2) is 4.71. The maximum atomic E-state index is 6.44. The number of fused-ring (bicyclic) bond motifs is 1. The van der Waals surface area contributed by atoms with Gasteiger partial charge in [-0.2, -0.15) is 0 Å². The van der Waals surface area contributed by atoms with E-state index in [1.807, 2.05) is 0 Å². The predicted octanol–water partition coefficient (Wildman–Crippen LogP) is 3.33. The summed E-state index contributed by atoms with van der Waals surface area (Å²) in [5, 5.41) is 2.52. The molecule has 1 fully saturated rings. The number of ether oxygens (including phenoxy) is 1. The lowest BCUT2D eigenvalue weighted by Gasteiger charge is -2.22. The van der Waals surface area contributed by atoms with E-state index in [1.165, 1.54) is 21.9 Å². The third-order valence-electron chi connectivity index (χ3n) is 3.89. The highest BCUT2D eigenvalue weighted by Gasteiger charge is 2.26. The molecule has 18 heavy (non-hydrogen) atoms. The maximum Gasteiger partial charge on any atom is 0.0768 e. The second-order valence-corrected chi connectivity index (χ2v) is 5.09. The van der Waals surface area contributed by atoms with E-state index in [2.05, 4.69) is 43.3 Å². The number of rotatable bonds is 2. The van der Waals surface area contributed by atoms with Gasteiger partial charge < -0.3 is 10.5 Å². The lowest BCUT2D eigenvalue weighted by molar-refractivity contribution is 0.0902. The molecule has 0 saturated carbocycles. The van der Waals surface area contributed by atoms with Crippen LogP contribution in [0.3, 0.4) is 0 Å². The molecule has 2 atom stereocenters. The highest BCUT2D eigenvalue weighted by Crippen LogP contribution is 2.32. The molecule has 0 amide bonds. The number of hydrogen-bond acceptors (Lipinski definition) is 2. The normalized spacial score (nSPS) is 21.3. The first-order valence-corrected chi connectivity index (χ1v) is 6.63. The van der Waals surface area contributed by atoms with Gasteiger partial charge in [0.1, 0.15) is 0 Å². The summed E-state index contributed by atoms with van der Waals surface area (Å²) in [5.74, 6) is 0. The summed E-state index contributed by atoms with van der Waals surface area (Å²) >= 11 is 0. The maximum absolute atomic E-state index is 6.44. The van der Waals surface area contributed by atoms with E-state index in [0.717, 1.165) is 19.4 Å². The summed E-state index contributed by atoms with van der Waals surface area (Å²) < 4.78 is 5.75. The van der Waals surface area contributed by atoms with Crippen LogP contribution in [-0.4, -0.2) is 12.7 Å². The van der Waals surface area contributed by atoms with Gasteiger partial charge in [-0.25, -0.2) is 0 Å². The van der Waals surface area contributed by atoms with Gasteiger partial charge in [-0.3, -0.25) is 0 Å². The molecule has 0 spiro atoms. The van der Waals surface area contributed by atoms with Gasteiger partial charge in [0.2, 0.25) is 0 Å². The topological polar surface area (TPSA) is 35.2 Å². The number of aryl methyl sites for hydroxylation is 1. The zero-order valence-corrected chi connectivity index (χ0v) is 10.7. The fraction of sp³-hybridized carbons (Fsp3) is 0.375. The summed E-state index contributed by atoms with van der Waals surface area (Å²) in [6, 6.07) is 12.8. The average molecular weight is 241 g/mol. The largest absolute Gasteiger partial charge is 0.376 e. The van der Waals surface area contributed by atoms with Crippen LogP contribution in [0.2, 0.25) is 0 Å². The molecule has 2 aromatic rings. The molecule has 1 aliphatic heterocycles. The molecular weight excluding hydrogens is 222 g/mol. The van der Waals surface area contributed by atoms with E-state index < -0.39 is 0 Å². The minimum Gasteiger partial charge on any atom is -0.376 e. The molecule has 2 heteroatoms. The van der Waals surface area contributed by atoms with E-state index in [-0.39, 0.29) is 12.1 Å². The van der Waals surface area contributed by atoms with Crippen molar-refractivity contribution in [2.24, 2.45) is 5.73 Å². The van der Waals surface area contributed by atoms with Gasteiger partial charge in [0, 0.05) is 6.61 Å². The van der Waals surface area contributed by atoms with Crippen LogP contribution >= 0.6 is 0 Å². The zero-order chi connectivity index (χ0) is 12.5. The average Bonchev–Trinajstić information content (AvgIpc) is 2.92. The number of benzene rings is 2. The van der Waals surface area contributed by atoms with E-state index in [9.17, 15) is 0 Å². The minimum atomic E-state index is -0.0152. The predicted molar refractivity (Wildman–Crippen MR) is 74.6 cm³/mol. The fourth-order valence-electron chi connectivity index (χ4n) is 2.92. The summed E-state index contributed by atoms with van der Waals surface area (Å²) in [6.07, 6.45) is 2.38. The summed E-state index contributed by atoms with van der Waals surface area (Å²) in [4.78, 5) is 0. The molecule has 0 radical (unpaired) electrons. The molecule has 2 aromatic carbocycles. The Labute approximate surface area is 108 Å². The van der Waals surface area contributed by atoms with Crippen molar-refractivity contribution in [3.63, 3.8) is 0 Å². The summed E-state index contributed by atoms with van der Waals surface area (Å²) in [6.45, 7) is 2.98. The van der Waals surface area contributed by atoms with Gasteiger partial charge in [-0.15, -0.1) is 0 Å². The van der Waals surface area contributed by atoms with Crippen LogP contribution in [-0.2, 0) is 4.74 Å². The first-order chi connectivity index (χ1) is 8.77. The molecule has 0 aromatic heterocycles. The van der Waals surface area contributed by atoms with Crippen LogP contribution in [0.4, 0.5) is 0 Å². The smallest absolute Gasteiger partial charge is 0.0768 e. The first kappa shape index (κ1) is 11.7. The van der Waals surface area contributed by atoms with Gasteiger partial charge in [-0.05, 0) is 41.7 Å². The number of hydrogen-bond donors (Lipinski definition) is 1. The Bertz CT molecular complexity index is 558. The SMILES string of the molecule is Cc1ccc2ccccc2c1C(N)C1CCCO1. The van der Waals surface area contributed by atoms with Crippen LogP contribution in [0, 0.1) is 6.92 Å². The Balaban J connectivity index is 2.11. The van der Waals surface area contributed by atoms with Crippen molar-refractivity contribution in [1.29, 1.82) is 0 Å². The quantitative estimate of drug-likeness (QED) is 0.875. The van der Waals surface area contributed by atoms with Crippen molar-refractivity contribution in [1.82, 2.24) is 0 Å². The van der Waals surface area contributed by atoms with Crippen molar-refractivity contribution in [3.8, 4) is 0 Å². The van der Waals surface area contributed by atoms with E-state index in [4.69, 9.17) is 10.5 Å². The van der Waals surface area contributed by atoms with E-state index in [0.29, 0.717) is 0 Å². The molecule has 1 saturated heterocycles. The van der Waals surface area contributed by atoms with Gasteiger partial charge in [0.15, 0.2) is 0 Å². The van der Waals surface area contributed by atoms with Crippen LogP contribution in [0.15, 0.2) is 36.4 Å². The summed E-state index contributed by atoms with van der Waals surface area (Å²) in [5.41, 5.74) is 8.95. The molecule has 2 N–H and O–H groups in total. The third-order valence-corrected chi connectivity index (χ3v) is 3.89. The van der Waals surface area contributed by atoms with Crippen LogP contribution < -0.4 is 5.73 Å². The van der Waals surface area contributed by atoms with Crippen LogP contribution in [0.1, 0.15) is 30.0 Å². The lowest BCUT2D eigenvalue weighted by atomic mass is 9.91. The van der Waals surface area contributed by atoms with E-state index in [1.54, 1.807) is 0 Å². The third kappa shape index (κ3) is 1.92. The van der Waals surface area contributed by atoms with Gasteiger partial charge in [-0.1, -0.05) is 36.4 Å². The van der Waals surface area contributed by atoms with E-state index >= 15 is 0 Å². The molecule has 1 heterocycles. The Hall–Kier alpha value is -1.38. The lowest BCUT2D eigenvalue weighted by Crippen LogP contribution is -2.26. The molecule has 3 rings (SSSR count). The van der Waals surface area contributed by atoms with Crippen molar-refractivity contribution in [2.45, 2.75) is 31.9 Å². The van der Waals surface area contributed by atoms with Gasteiger partial charge in [0.05, 0.1) is 12.1 Å². The Morgan fingerprint density at radius 2 is 2.06 bits per heavy atom. The number of nitrogens with two attached hydrogens (primary N) is 1. The van der Waals surface area contributed by atoms with Gasteiger partial charge in [0.25, 0.3) is 0 Å². The van der Waals surface area contributed by atoms with Gasteiger partial charge >= 0.3 is 0 Å². The van der Waals surface area contributed by atoms with Crippen LogP contribution in [0.25, 0.3) is 10.8 Å². The van der Waals surface area contributed by atoms with Crippen molar-refractivity contribution < 1.29 is 4.74 Å². The first-order valence-electron chi connectivity index (χ1n) is 6.63. The highest BCUT2D eigenvalue weighted by molar-refractivity contribution is 5.87. The minimum absolute atomic E-state index is 0.0152. The zero-order valence-electron chi connectivity index (χ0n) is 10.7. The van der Waals surface area contributed by atoms with Crippen molar-refractivity contribution in [3.05, 3.63) is 47.5 Å². The van der Waals surface area contributed by atoms with Crippen molar-refractivity contribution >= 4 is 10.8 Å². The summed E-state index contributed by atoms with van der Waals surface area (Å²) in [7, 11) is 0. The molecular formula is C16H19NO. The Kier molecular flexibility index (Phi) is 3.06. The molecule has 2 unspecified atom stereocenters. The fourth-order valence-corrected chi connectivity index (χ4v) is 2.92. The molecule has 94 valence electrons.